The van der Waals surface area contributed by atoms with Crippen molar-refractivity contribution < 1.29 is 4.39 Å². The van der Waals surface area contributed by atoms with Crippen molar-refractivity contribution in [3.8, 4) is 24.5 Å². The van der Waals surface area contributed by atoms with Gasteiger partial charge in [-0.1, -0.05) is 18.2 Å². The largest absolute Gasteiger partial charge is 0.323 e. The van der Waals surface area contributed by atoms with E-state index in [1.54, 1.807) is 0 Å². The van der Waals surface area contributed by atoms with Crippen molar-refractivity contribution in [1.82, 2.24) is 9.97 Å². The molecule has 2 N–H and O–H groups in total. The van der Waals surface area contributed by atoms with Crippen molar-refractivity contribution in [2.45, 2.75) is 0 Å². The van der Waals surface area contributed by atoms with Crippen LogP contribution in [0.15, 0.2) is 41.8 Å². The van der Waals surface area contributed by atoms with Gasteiger partial charge in [0, 0.05) is 18.7 Å². The van der Waals surface area contributed by atoms with Crippen LogP contribution in [0.1, 0.15) is 5.56 Å². The third-order valence-electron chi connectivity index (χ3n) is 1.99. The quantitative estimate of drug-likeness (QED) is 0.508. The average molecular weight is 270 g/mol. The zero-order valence-corrected chi connectivity index (χ0v) is 10.4. The van der Waals surface area contributed by atoms with E-state index >= 15 is 0 Å². The minimum Gasteiger partial charge on any atom is -0.323 e. The summed E-state index contributed by atoms with van der Waals surface area (Å²) >= 11 is 0. The zero-order valence-electron chi connectivity index (χ0n) is 10.4. The van der Waals surface area contributed by atoms with Crippen molar-refractivity contribution in [3.05, 3.63) is 48.0 Å². The third kappa shape index (κ3) is 4.90. The SMILES string of the molecule is C#N.C#N.NN=Cc1cccc(-c2ncc(F)cn2)c1. The molecular formula is C13H11FN6. The van der Waals surface area contributed by atoms with Crippen molar-refractivity contribution >= 4 is 6.21 Å². The second-order valence-electron chi connectivity index (χ2n) is 3.13. The predicted octanol–water partition coefficient (Wildman–Crippen LogP) is 1.85. The highest BCUT2D eigenvalue weighted by Crippen LogP contribution is 2.14. The number of benzene rings is 1. The Hall–Kier alpha value is -3.32. The molecule has 0 bridgehead atoms. The summed E-state index contributed by atoms with van der Waals surface area (Å²) in [7, 11) is 0. The monoisotopic (exact) mass is 270 g/mol. The molecule has 1 aromatic heterocycles. The van der Waals surface area contributed by atoms with Crippen molar-refractivity contribution in [1.29, 1.82) is 10.5 Å². The lowest BCUT2D eigenvalue weighted by Crippen LogP contribution is -1.91. The molecule has 2 aromatic rings. The van der Waals surface area contributed by atoms with Crippen molar-refractivity contribution in [2.75, 3.05) is 0 Å². The Labute approximate surface area is 115 Å². The first-order valence-corrected chi connectivity index (χ1v) is 5.12. The molecule has 7 heteroatoms. The van der Waals surface area contributed by atoms with E-state index in [-0.39, 0.29) is 0 Å². The molecule has 0 aliphatic rings. The fourth-order valence-electron chi connectivity index (χ4n) is 1.31. The van der Waals surface area contributed by atoms with Crippen LogP contribution in [0.3, 0.4) is 0 Å². The van der Waals surface area contributed by atoms with Crippen LogP contribution in [0.2, 0.25) is 0 Å². The van der Waals surface area contributed by atoms with Crippen LogP contribution in [0, 0.1) is 29.5 Å². The lowest BCUT2D eigenvalue weighted by Gasteiger charge is -2.00. The van der Waals surface area contributed by atoms with E-state index in [1.165, 1.54) is 6.21 Å². The summed E-state index contributed by atoms with van der Waals surface area (Å²) < 4.78 is 12.6. The van der Waals surface area contributed by atoms with E-state index in [1.807, 2.05) is 24.3 Å². The minimum absolute atomic E-state index is 0.455. The summed E-state index contributed by atoms with van der Waals surface area (Å²) in [4.78, 5) is 7.78. The summed E-state index contributed by atoms with van der Waals surface area (Å²) in [5, 5.41) is 16.4. The fourth-order valence-corrected chi connectivity index (χ4v) is 1.31. The lowest BCUT2D eigenvalue weighted by molar-refractivity contribution is 0.614. The maximum Gasteiger partial charge on any atom is 0.159 e. The van der Waals surface area contributed by atoms with Crippen LogP contribution < -0.4 is 5.84 Å². The van der Waals surface area contributed by atoms with Crippen LogP contribution >= 0.6 is 0 Å². The lowest BCUT2D eigenvalue weighted by atomic mass is 10.1. The molecule has 0 radical (unpaired) electrons. The molecule has 20 heavy (non-hydrogen) atoms. The van der Waals surface area contributed by atoms with Gasteiger partial charge < -0.3 is 5.84 Å². The molecule has 1 heterocycles. The van der Waals surface area contributed by atoms with Gasteiger partial charge in [0.1, 0.15) is 0 Å². The number of nitrogens with two attached hydrogens (primary N) is 1. The molecule has 0 unspecified atom stereocenters. The predicted molar refractivity (Wildman–Crippen MR) is 72.5 cm³/mol. The first kappa shape index (κ1) is 16.7. The fraction of sp³-hybridized carbons (Fsp3) is 0. The molecule has 6 nitrogen and oxygen atoms in total. The highest BCUT2D eigenvalue weighted by Gasteiger charge is 2.01. The Morgan fingerprint density at radius 2 is 1.75 bits per heavy atom. The van der Waals surface area contributed by atoms with Crippen molar-refractivity contribution in [3.63, 3.8) is 0 Å². The molecule has 0 atom stereocenters. The molecule has 0 aliphatic heterocycles. The molecule has 0 fully saturated rings. The number of hydrogen-bond donors (Lipinski definition) is 1. The number of nitriles is 2. The van der Waals surface area contributed by atoms with E-state index in [0.717, 1.165) is 23.5 Å². The van der Waals surface area contributed by atoms with Gasteiger partial charge in [-0.15, -0.1) is 0 Å². The van der Waals surface area contributed by atoms with Gasteiger partial charge in [-0.05, 0) is 11.6 Å². The number of rotatable bonds is 2. The van der Waals surface area contributed by atoms with Gasteiger partial charge in [-0.25, -0.2) is 24.9 Å². The third-order valence-corrected chi connectivity index (χ3v) is 1.99. The van der Waals surface area contributed by atoms with Gasteiger partial charge >= 0.3 is 0 Å². The number of hydrazone groups is 1. The molecule has 0 amide bonds. The van der Waals surface area contributed by atoms with Crippen LogP contribution in [-0.2, 0) is 0 Å². The standard InChI is InChI=1S/C11H9FN4.2CHN/c12-10-6-14-11(15-7-10)9-3-1-2-8(4-9)5-16-13;2*1-2/h1-7H,13H2;2*1H. The van der Waals surface area contributed by atoms with Gasteiger partial charge in [-0.3, -0.25) is 0 Å². The Morgan fingerprint density at radius 1 is 1.15 bits per heavy atom. The van der Waals surface area contributed by atoms with Crippen LogP contribution in [0.5, 0.6) is 0 Å². The highest BCUT2D eigenvalue weighted by atomic mass is 19.1. The van der Waals surface area contributed by atoms with Crippen LogP contribution in [-0.4, -0.2) is 16.2 Å². The number of hydrogen-bond acceptors (Lipinski definition) is 6. The number of nitrogens with zero attached hydrogens (tertiary/aromatic N) is 5. The first-order valence-electron chi connectivity index (χ1n) is 5.12. The first-order chi connectivity index (χ1) is 9.79. The Bertz CT molecular complexity index is 583. The van der Waals surface area contributed by atoms with Crippen LogP contribution in [0.4, 0.5) is 4.39 Å². The van der Waals surface area contributed by atoms with E-state index in [9.17, 15) is 4.39 Å². The Kier molecular flexibility index (Phi) is 8.08. The molecule has 0 aliphatic carbocycles. The number of aromatic nitrogens is 2. The maximum atomic E-state index is 12.6. The molecule has 100 valence electrons. The Morgan fingerprint density at radius 3 is 2.30 bits per heavy atom. The van der Waals surface area contributed by atoms with Crippen LogP contribution in [0.25, 0.3) is 11.4 Å². The van der Waals surface area contributed by atoms with Gasteiger partial charge in [-0.2, -0.15) is 5.10 Å². The molecule has 0 saturated carbocycles. The second-order valence-corrected chi connectivity index (χ2v) is 3.13. The Balaban J connectivity index is 0.000000829. The van der Waals surface area contributed by atoms with E-state index in [0.29, 0.717) is 5.82 Å². The number of halogens is 1. The normalized spacial score (nSPS) is 8.85. The van der Waals surface area contributed by atoms with Gasteiger partial charge in [0.25, 0.3) is 0 Å². The maximum absolute atomic E-state index is 12.6. The molecular weight excluding hydrogens is 259 g/mol. The molecule has 0 spiro atoms. The summed E-state index contributed by atoms with van der Waals surface area (Å²) in [6.45, 7) is 7.00. The highest BCUT2D eigenvalue weighted by molar-refractivity contribution is 5.81. The van der Waals surface area contributed by atoms with E-state index in [4.69, 9.17) is 16.4 Å². The topological polar surface area (TPSA) is 112 Å². The smallest absolute Gasteiger partial charge is 0.159 e. The summed E-state index contributed by atoms with van der Waals surface area (Å²) in [6, 6.07) is 7.34. The summed E-state index contributed by atoms with van der Waals surface area (Å²) in [5.41, 5.74) is 1.63. The van der Waals surface area contributed by atoms with Gasteiger partial charge in [0.2, 0.25) is 0 Å². The van der Waals surface area contributed by atoms with Gasteiger partial charge in [0.05, 0.1) is 18.6 Å². The van der Waals surface area contributed by atoms with E-state index in [2.05, 4.69) is 28.2 Å². The molecule has 0 saturated heterocycles. The molecule has 1 aromatic carbocycles. The average Bonchev–Trinajstić information content (AvgIpc) is 2.53. The second kappa shape index (κ2) is 9.68. The summed E-state index contributed by atoms with van der Waals surface area (Å²) in [6.07, 6.45) is 3.78. The van der Waals surface area contributed by atoms with Crippen molar-refractivity contribution in [2.24, 2.45) is 10.9 Å². The van der Waals surface area contributed by atoms with Gasteiger partial charge in [0.15, 0.2) is 11.6 Å². The zero-order chi connectivity index (χ0) is 15.4. The van der Waals surface area contributed by atoms with E-state index < -0.39 is 5.82 Å². The summed E-state index contributed by atoms with van der Waals surface area (Å²) in [5.74, 6) is 5.07. The molecule has 2 rings (SSSR count). The minimum atomic E-state index is -0.455.